The lowest BCUT2D eigenvalue weighted by Gasteiger charge is -2.37. The van der Waals surface area contributed by atoms with Crippen LogP contribution in [0.15, 0.2) is 0 Å². The third kappa shape index (κ3) is 7.61. The Balaban J connectivity index is 1.74. The van der Waals surface area contributed by atoms with Crippen LogP contribution in [0.2, 0.25) is 0 Å². The van der Waals surface area contributed by atoms with Crippen molar-refractivity contribution in [3.63, 3.8) is 0 Å². The first-order chi connectivity index (χ1) is 13.7. The molecule has 2 aliphatic carbocycles. The van der Waals surface area contributed by atoms with E-state index in [1.165, 1.54) is 12.8 Å². The highest BCUT2D eigenvalue weighted by Crippen LogP contribution is 2.36. The van der Waals surface area contributed by atoms with Gasteiger partial charge in [0.25, 0.3) is 0 Å². The largest absolute Gasteiger partial charge is 0.462 e. The second-order valence-corrected chi connectivity index (χ2v) is 10.6. The molecule has 6 unspecified atom stereocenters. The summed E-state index contributed by atoms with van der Waals surface area (Å²) in [6.45, 7) is 13.3. The molecule has 6 atom stereocenters. The Labute approximate surface area is 178 Å². The highest BCUT2D eigenvalue weighted by Gasteiger charge is 2.34. The highest BCUT2D eigenvalue weighted by atomic mass is 16.5. The van der Waals surface area contributed by atoms with E-state index < -0.39 is 0 Å². The van der Waals surface area contributed by atoms with Crippen LogP contribution in [0.4, 0.5) is 0 Å². The molecule has 0 aromatic heterocycles. The van der Waals surface area contributed by atoms with Crippen molar-refractivity contribution in [1.82, 2.24) is 0 Å². The summed E-state index contributed by atoms with van der Waals surface area (Å²) in [7, 11) is 0. The van der Waals surface area contributed by atoms with E-state index in [-0.39, 0.29) is 24.1 Å². The van der Waals surface area contributed by atoms with E-state index in [1.807, 2.05) is 0 Å². The second-order valence-electron chi connectivity index (χ2n) is 10.6. The van der Waals surface area contributed by atoms with E-state index >= 15 is 0 Å². The van der Waals surface area contributed by atoms with Crippen molar-refractivity contribution in [3.05, 3.63) is 0 Å². The predicted molar refractivity (Wildman–Crippen MR) is 116 cm³/mol. The molecular formula is C25H44O4. The van der Waals surface area contributed by atoms with Gasteiger partial charge >= 0.3 is 11.9 Å². The maximum atomic E-state index is 12.4. The first kappa shape index (κ1) is 24.2. The SMILES string of the molecule is CC1CCC(C(C)C)C(OC(=O)CCCC(=O)OC2CC(C)CCC2C(C)C)C1. The van der Waals surface area contributed by atoms with Gasteiger partial charge in [0.15, 0.2) is 0 Å². The standard InChI is InChI=1S/C25H44O4/c1-16(2)20-12-10-18(5)14-22(20)28-24(26)8-7-9-25(27)29-23-15-19(6)11-13-21(23)17(3)4/h16-23H,7-15H2,1-6H3. The van der Waals surface area contributed by atoms with Crippen LogP contribution in [0.1, 0.15) is 99.3 Å². The molecule has 2 aliphatic rings. The zero-order valence-corrected chi connectivity index (χ0v) is 19.6. The van der Waals surface area contributed by atoms with Gasteiger partial charge in [0, 0.05) is 12.8 Å². The average molecular weight is 409 g/mol. The molecular weight excluding hydrogens is 364 g/mol. The van der Waals surface area contributed by atoms with Gasteiger partial charge in [-0.25, -0.2) is 0 Å². The van der Waals surface area contributed by atoms with Crippen LogP contribution in [0.3, 0.4) is 0 Å². The van der Waals surface area contributed by atoms with Crippen molar-refractivity contribution >= 4 is 11.9 Å². The van der Waals surface area contributed by atoms with E-state index in [4.69, 9.17) is 9.47 Å². The lowest BCUT2D eigenvalue weighted by molar-refractivity contribution is -0.157. The Bertz CT molecular complexity index is 481. The maximum Gasteiger partial charge on any atom is 0.306 e. The summed E-state index contributed by atoms with van der Waals surface area (Å²) in [5.74, 6) is 2.89. The summed E-state index contributed by atoms with van der Waals surface area (Å²) in [6, 6.07) is 0. The maximum absolute atomic E-state index is 12.4. The third-order valence-electron chi connectivity index (χ3n) is 7.25. The Morgan fingerprint density at radius 2 is 1.10 bits per heavy atom. The molecule has 2 saturated carbocycles. The number of ether oxygens (including phenoxy) is 2. The fraction of sp³-hybridized carbons (Fsp3) is 0.920. The second kappa shape index (κ2) is 11.4. The molecule has 0 aliphatic heterocycles. The molecule has 4 nitrogen and oxygen atoms in total. The number of rotatable bonds is 8. The molecule has 0 spiro atoms. The van der Waals surface area contributed by atoms with Crippen LogP contribution in [0, 0.1) is 35.5 Å². The van der Waals surface area contributed by atoms with Crippen LogP contribution in [-0.4, -0.2) is 24.1 Å². The highest BCUT2D eigenvalue weighted by molar-refractivity contribution is 5.72. The fourth-order valence-electron chi connectivity index (χ4n) is 5.33. The summed E-state index contributed by atoms with van der Waals surface area (Å²) >= 11 is 0. The Hall–Kier alpha value is -1.06. The van der Waals surface area contributed by atoms with Gasteiger partial charge in [0.2, 0.25) is 0 Å². The van der Waals surface area contributed by atoms with Crippen molar-refractivity contribution in [2.45, 2.75) is 112 Å². The summed E-state index contributed by atoms with van der Waals surface area (Å²) in [6.07, 6.45) is 7.85. The number of hydrogen-bond donors (Lipinski definition) is 0. The molecule has 0 aromatic rings. The summed E-state index contributed by atoms with van der Waals surface area (Å²) < 4.78 is 11.7. The summed E-state index contributed by atoms with van der Waals surface area (Å²) in [5.41, 5.74) is 0. The molecule has 0 N–H and O–H groups in total. The Morgan fingerprint density at radius 1 is 0.724 bits per heavy atom. The van der Waals surface area contributed by atoms with Gasteiger partial charge in [0.1, 0.15) is 12.2 Å². The average Bonchev–Trinajstić information content (AvgIpc) is 2.61. The predicted octanol–water partition coefficient (Wildman–Crippen LogP) is 6.16. The molecule has 29 heavy (non-hydrogen) atoms. The smallest absolute Gasteiger partial charge is 0.306 e. The number of hydrogen-bond acceptors (Lipinski definition) is 4. The zero-order valence-electron chi connectivity index (χ0n) is 19.6. The topological polar surface area (TPSA) is 52.6 Å². The zero-order chi connectivity index (χ0) is 21.6. The van der Waals surface area contributed by atoms with E-state index in [2.05, 4.69) is 41.5 Å². The minimum Gasteiger partial charge on any atom is -0.462 e. The van der Waals surface area contributed by atoms with Crippen LogP contribution in [-0.2, 0) is 19.1 Å². The molecule has 0 aromatic carbocycles. The fourth-order valence-corrected chi connectivity index (χ4v) is 5.33. The molecule has 0 saturated heterocycles. The monoisotopic (exact) mass is 408 g/mol. The first-order valence-corrected chi connectivity index (χ1v) is 12.1. The van der Waals surface area contributed by atoms with E-state index in [9.17, 15) is 9.59 Å². The lowest BCUT2D eigenvalue weighted by Crippen LogP contribution is -2.36. The molecule has 0 radical (unpaired) electrons. The van der Waals surface area contributed by atoms with Gasteiger partial charge in [0.05, 0.1) is 0 Å². The van der Waals surface area contributed by atoms with Gasteiger partial charge in [-0.3, -0.25) is 9.59 Å². The number of carbonyl (C=O) groups excluding carboxylic acids is 2. The van der Waals surface area contributed by atoms with Crippen LogP contribution in [0.5, 0.6) is 0 Å². The molecule has 2 rings (SSSR count). The van der Waals surface area contributed by atoms with E-state index in [0.29, 0.717) is 54.8 Å². The van der Waals surface area contributed by atoms with Gasteiger partial charge in [-0.1, -0.05) is 54.4 Å². The Kier molecular flexibility index (Phi) is 9.49. The molecule has 4 heteroatoms. The van der Waals surface area contributed by atoms with Crippen LogP contribution in [0.25, 0.3) is 0 Å². The van der Waals surface area contributed by atoms with Gasteiger partial charge in [-0.05, 0) is 67.6 Å². The van der Waals surface area contributed by atoms with Gasteiger partial charge in [-0.15, -0.1) is 0 Å². The molecule has 168 valence electrons. The van der Waals surface area contributed by atoms with Crippen molar-refractivity contribution in [2.24, 2.45) is 35.5 Å². The molecule has 2 fully saturated rings. The van der Waals surface area contributed by atoms with E-state index in [1.54, 1.807) is 0 Å². The summed E-state index contributed by atoms with van der Waals surface area (Å²) in [4.78, 5) is 24.7. The van der Waals surface area contributed by atoms with Gasteiger partial charge in [-0.2, -0.15) is 0 Å². The molecule has 0 bridgehead atoms. The van der Waals surface area contributed by atoms with Crippen LogP contribution < -0.4 is 0 Å². The molecule has 0 heterocycles. The number of esters is 2. The summed E-state index contributed by atoms with van der Waals surface area (Å²) in [5, 5.41) is 0. The lowest BCUT2D eigenvalue weighted by atomic mass is 9.75. The quantitative estimate of drug-likeness (QED) is 0.451. The van der Waals surface area contributed by atoms with Crippen molar-refractivity contribution < 1.29 is 19.1 Å². The Morgan fingerprint density at radius 3 is 1.45 bits per heavy atom. The molecule has 0 amide bonds. The van der Waals surface area contributed by atoms with Crippen molar-refractivity contribution in [3.8, 4) is 0 Å². The van der Waals surface area contributed by atoms with Crippen molar-refractivity contribution in [2.75, 3.05) is 0 Å². The van der Waals surface area contributed by atoms with Gasteiger partial charge < -0.3 is 9.47 Å². The minimum atomic E-state index is -0.158. The van der Waals surface area contributed by atoms with E-state index in [0.717, 1.165) is 25.7 Å². The number of carbonyl (C=O) groups is 2. The van der Waals surface area contributed by atoms with Crippen LogP contribution >= 0.6 is 0 Å². The third-order valence-corrected chi connectivity index (χ3v) is 7.25. The first-order valence-electron chi connectivity index (χ1n) is 12.1. The van der Waals surface area contributed by atoms with Crippen molar-refractivity contribution in [1.29, 1.82) is 0 Å². The normalized spacial score (nSPS) is 33.0. The minimum absolute atomic E-state index is 0.0359.